The number of fused-ring (bicyclic) bond motifs is 7. The van der Waals surface area contributed by atoms with E-state index in [1.165, 1.54) is 31.3 Å². The number of hydrogen-bond acceptors (Lipinski definition) is 3. The van der Waals surface area contributed by atoms with Crippen LogP contribution in [0, 0.1) is 0 Å². The molecule has 3 heterocycles. The molecule has 0 saturated heterocycles. The number of para-hydroxylation sites is 3. The molecule has 1 atom stereocenters. The summed E-state index contributed by atoms with van der Waals surface area (Å²) in [7, 11) is 0. The fraction of sp³-hybridized carbons (Fsp3) is 0.0312. The zero-order valence-corrected chi connectivity index (χ0v) is 19.5. The van der Waals surface area contributed by atoms with E-state index in [2.05, 4.69) is 97.1 Å². The molecule has 164 valence electrons. The van der Waals surface area contributed by atoms with Crippen molar-refractivity contribution in [3.63, 3.8) is 0 Å². The minimum atomic E-state index is 0.0491. The zero-order chi connectivity index (χ0) is 22.9. The Hall–Kier alpha value is -4.21. The molecule has 0 bridgehead atoms. The summed E-state index contributed by atoms with van der Waals surface area (Å²) >= 11 is 1.85. The van der Waals surface area contributed by atoms with E-state index in [9.17, 15) is 0 Å². The highest BCUT2D eigenvalue weighted by atomic mass is 32.1. The van der Waals surface area contributed by atoms with Gasteiger partial charge in [-0.05, 0) is 47.5 Å². The minimum absolute atomic E-state index is 0.0491. The van der Waals surface area contributed by atoms with E-state index < -0.39 is 0 Å². The van der Waals surface area contributed by atoms with Gasteiger partial charge >= 0.3 is 0 Å². The molecule has 35 heavy (non-hydrogen) atoms. The van der Waals surface area contributed by atoms with Gasteiger partial charge in [-0.3, -0.25) is 4.99 Å². The molecule has 2 nitrogen and oxygen atoms in total. The van der Waals surface area contributed by atoms with Crippen LogP contribution < -0.4 is 0 Å². The molecule has 3 heteroatoms. The molecule has 2 aromatic heterocycles. The summed E-state index contributed by atoms with van der Waals surface area (Å²) < 4.78 is 9.06. The molecular formula is C32H19NOS. The van der Waals surface area contributed by atoms with Crippen LogP contribution in [0.5, 0.6) is 0 Å². The summed E-state index contributed by atoms with van der Waals surface area (Å²) in [5.74, 6) is 0.0491. The fourth-order valence-electron chi connectivity index (χ4n) is 5.60. The lowest BCUT2D eigenvalue weighted by atomic mass is 9.85. The van der Waals surface area contributed by atoms with Crippen molar-refractivity contribution in [2.75, 3.05) is 0 Å². The zero-order valence-electron chi connectivity index (χ0n) is 18.7. The van der Waals surface area contributed by atoms with E-state index in [1.54, 1.807) is 0 Å². The van der Waals surface area contributed by atoms with Gasteiger partial charge in [0.05, 0.1) is 17.3 Å². The monoisotopic (exact) mass is 465 g/mol. The first-order valence-corrected chi connectivity index (χ1v) is 12.7. The summed E-state index contributed by atoms with van der Waals surface area (Å²) in [6.45, 7) is 0. The lowest BCUT2D eigenvalue weighted by Crippen LogP contribution is -2.12. The Balaban J connectivity index is 1.39. The number of benzene rings is 5. The van der Waals surface area contributed by atoms with Crippen molar-refractivity contribution in [2.24, 2.45) is 4.99 Å². The SMILES string of the molecule is c1ccc2c(c1)N=C(c1cccc3c1oc1ccccc13)C2c1ccc2sc3ccccc3c2c1. The molecule has 1 aliphatic heterocycles. The first-order valence-electron chi connectivity index (χ1n) is 11.8. The van der Waals surface area contributed by atoms with Crippen molar-refractivity contribution in [3.8, 4) is 0 Å². The van der Waals surface area contributed by atoms with Crippen molar-refractivity contribution in [1.82, 2.24) is 0 Å². The molecule has 0 aliphatic carbocycles. The molecule has 0 radical (unpaired) electrons. The predicted molar refractivity (Wildman–Crippen MR) is 148 cm³/mol. The largest absolute Gasteiger partial charge is 0.455 e. The first-order chi connectivity index (χ1) is 17.3. The first kappa shape index (κ1) is 19.1. The van der Waals surface area contributed by atoms with Gasteiger partial charge < -0.3 is 4.42 Å². The van der Waals surface area contributed by atoms with E-state index in [-0.39, 0.29) is 5.92 Å². The van der Waals surface area contributed by atoms with Crippen molar-refractivity contribution >= 4 is 64.8 Å². The van der Waals surface area contributed by atoms with Gasteiger partial charge in [-0.2, -0.15) is 0 Å². The van der Waals surface area contributed by atoms with Crippen LogP contribution in [0.4, 0.5) is 5.69 Å². The van der Waals surface area contributed by atoms with Gasteiger partial charge in [0.15, 0.2) is 0 Å². The van der Waals surface area contributed by atoms with Gasteiger partial charge in [-0.1, -0.05) is 72.8 Å². The van der Waals surface area contributed by atoms with Gasteiger partial charge in [0, 0.05) is 36.5 Å². The van der Waals surface area contributed by atoms with E-state index >= 15 is 0 Å². The molecule has 5 aromatic carbocycles. The van der Waals surface area contributed by atoms with E-state index in [0.29, 0.717) is 0 Å². The van der Waals surface area contributed by atoms with Gasteiger partial charge in [0.1, 0.15) is 11.2 Å². The normalized spacial score (nSPS) is 15.3. The summed E-state index contributed by atoms with van der Waals surface area (Å²) in [6, 6.07) is 38.8. The maximum Gasteiger partial charge on any atom is 0.144 e. The highest BCUT2D eigenvalue weighted by molar-refractivity contribution is 7.25. The van der Waals surface area contributed by atoms with Crippen molar-refractivity contribution in [3.05, 3.63) is 126 Å². The molecule has 8 rings (SSSR count). The van der Waals surface area contributed by atoms with Gasteiger partial charge in [0.25, 0.3) is 0 Å². The number of rotatable bonds is 2. The summed E-state index contributed by atoms with van der Waals surface area (Å²) in [5.41, 5.74) is 7.48. The van der Waals surface area contributed by atoms with Crippen molar-refractivity contribution < 1.29 is 4.42 Å². The van der Waals surface area contributed by atoms with Crippen LogP contribution >= 0.6 is 11.3 Å². The summed E-state index contributed by atoms with van der Waals surface area (Å²) in [4.78, 5) is 5.19. The lowest BCUT2D eigenvalue weighted by molar-refractivity contribution is 0.668. The number of nitrogens with zero attached hydrogens (tertiary/aromatic N) is 1. The third kappa shape index (κ3) is 2.73. The minimum Gasteiger partial charge on any atom is -0.455 e. The van der Waals surface area contributed by atoms with Crippen LogP contribution in [-0.4, -0.2) is 5.71 Å². The van der Waals surface area contributed by atoms with Crippen LogP contribution in [-0.2, 0) is 0 Å². The Morgan fingerprint density at radius 1 is 0.629 bits per heavy atom. The molecule has 0 fully saturated rings. The number of hydrogen-bond donors (Lipinski definition) is 0. The molecule has 0 saturated carbocycles. The highest BCUT2D eigenvalue weighted by Crippen LogP contribution is 2.45. The summed E-state index contributed by atoms with van der Waals surface area (Å²) in [6.07, 6.45) is 0. The molecule has 1 unspecified atom stereocenters. The Morgan fingerprint density at radius 2 is 1.40 bits per heavy atom. The summed E-state index contributed by atoms with van der Waals surface area (Å²) in [5, 5.41) is 4.91. The second kappa shape index (κ2) is 7.14. The highest BCUT2D eigenvalue weighted by Gasteiger charge is 2.31. The molecule has 0 amide bonds. The molecule has 7 aromatic rings. The Kier molecular flexibility index (Phi) is 3.91. The molecular weight excluding hydrogens is 446 g/mol. The third-order valence-electron chi connectivity index (χ3n) is 7.18. The Labute approximate surface area is 205 Å². The van der Waals surface area contributed by atoms with Crippen LogP contribution in [0.25, 0.3) is 42.1 Å². The average Bonchev–Trinajstić information content (AvgIpc) is 3.59. The average molecular weight is 466 g/mol. The van der Waals surface area contributed by atoms with E-state index in [1.807, 2.05) is 23.5 Å². The topological polar surface area (TPSA) is 25.5 Å². The van der Waals surface area contributed by atoms with E-state index in [0.717, 1.165) is 38.9 Å². The number of thiophene rings is 1. The fourth-order valence-corrected chi connectivity index (χ4v) is 6.69. The standard InChI is InChI=1S/C32H19NOS/c1-4-13-26-23(10-1)30(19-16-17-29-25(18-19)21-9-3-6-15-28(21)35-29)31(33-26)24-12-7-11-22-20-8-2-5-14-27(20)34-32(22)24/h1-18,30H. The maximum atomic E-state index is 6.42. The van der Waals surface area contributed by atoms with Gasteiger partial charge in [-0.25, -0.2) is 0 Å². The number of furan rings is 1. The predicted octanol–water partition coefficient (Wildman–Crippen LogP) is 9.22. The van der Waals surface area contributed by atoms with Crippen LogP contribution in [0.2, 0.25) is 0 Å². The van der Waals surface area contributed by atoms with E-state index in [4.69, 9.17) is 9.41 Å². The maximum absolute atomic E-state index is 6.42. The molecule has 0 spiro atoms. The third-order valence-corrected chi connectivity index (χ3v) is 8.33. The van der Waals surface area contributed by atoms with Gasteiger partial charge in [-0.15, -0.1) is 11.3 Å². The lowest BCUT2D eigenvalue weighted by Gasteiger charge is -2.16. The smallest absolute Gasteiger partial charge is 0.144 e. The second-order valence-electron chi connectivity index (χ2n) is 9.12. The Morgan fingerprint density at radius 3 is 2.37 bits per heavy atom. The van der Waals surface area contributed by atoms with Crippen molar-refractivity contribution in [2.45, 2.75) is 5.92 Å². The van der Waals surface area contributed by atoms with Gasteiger partial charge in [0.2, 0.25) is 0 Å². The molecule has 1 aliphatic rings. The van der Waals surface area contributed by atoms with Crippen LogP contribution in [0.1, 0.15) is 22.6 Å². The quantitative estimate of drug-likeness (QED) is 0.250. The van der Waals surface area contributed by atoms with Crippen molar-refractivity contribution in [1.29, 1.82) is 0 Å². The van der Waals surface area contributed by atoms with Crippen LogP contribution in [0.15, 0.2) is 119 Å². The second-order valence-corrected chi connectivity index (χ2v) is 10.2. The van der Waals surface area contributed by atoms with Crippen LogP contribution in [0.3, 0.4) is 0 Å². The number of aliphatic imine (C=N–C) groups is 1. The molecule has 0 N–H and O–H groups in total. The Bertz CT molecular complexity index is 1970.